The summed E-state index contributed by atoms with van der Waals surface area (Å²) in [7, 11) is 0. The second kappa shape index (κ2) is 4.13. The van der Waals surface area contributed by atoms with Gasteiger partial charge < -0.3 is 10.0 Å². The van der Waals surface area contributed by atoms with Crippen molar-refractivity contribution in [3.63, 3.8) is 0 Å². The lowest BCUT2D eigenvalue weighted by molar-refractivity contribution is -0.117. The highest BCUT2D eigenvalue weighted by atomic mass is 32.1. The molecule has 0 spiro atoms. The summed E-state index contributed by atoms with van der Waals surface area (Å²) in [5.41, 5.74) is 0.433. The number of rotatable bonds is 2. The van der Waals surface area contributed by atoms with E-state index in [0.717, 1.165) is 0 Å². The standard InChI is InChI=1S/C10H10N2O3S/c13-9-3-6(16)5-12(9)8-4-11-2-1-7(8)10(14)15/h1-2,4,6,16H,3,5H2,(H,14,15). The first-order valence-corrected chi connectivity index (χ1v) is 5.27. The second-order valence-electron chi connectivity index (χ2n) is 3.56. The molecular formula is C10H10N2O3S. The van der Waals surface area contributed by atoms with Gasteiger partial charge in [-0.3, -0.25) is 9.78 Å². The summed E-state index contributed by atoms with van der Waals surface area (Å²) in [6.45, 7) is 0.425. The number of thiol groups is 1. The quantitative estimate of drug-likeness (QED) is 0.748. The number of anilines is 1. The highest BCUT2D eigenvalue weighted by Gasteiger charge is 2.30. The van der Waals surface area contributed by atoms with Crippen molar-refractivity contribution in [1.29, 1.82) is 0 Å². The predicted molar refractivity (Wildman–Crippen MR) is 60.9 cm³/mol. The Morgan fingerprint density at radius 3 is 2.94 bits per heavy atom. The third-order valence-corrected chi connectivity index (χ3v) is 2.77. The molecule has 84 valence electrons. The number of hydrogen-bond acceptors (Lipinski definition) is 4. The molecule has 1 atom stereocenters. The van der Waals surface area contributed by atoms with E-state index in [1.165, 1.54) is 23.4 Å². The number of aromatic nitrogens is 1. The maximum Gasteiger partial charge on any atom is 0.337 e. The van der Waals surface area contributed by atoms with E-state index in [2.05, 4.69) is 17.6 Å². The Balaban J connectivity index is 2.40. The van der Waals surface area contributed by atoms with Crippen LogP contribution in [0.25, 0.3) is 0 Å². The van der Waals surface area contributed by atoms with Crippen molar-refractivity contribution in [2.45, 2.75) is 11.7 Å². The van der Waals surface area contributed by atoms with Crippen LogP contribution >= 0.6 is 12.6 Å². The average Bonchev–Trinajstić information content (AvgIpc) is 2.57. The van der Waals surface area contributed by atoms with Gasteiger partial charge in [-0.05, 0) is 6.07 Å². The monoisotopic (exact) mass is 238 g/mol. The molecule has 1 fully saturated rings. The van der Waals surface area contributed by atoms with Crippen LogP contribution in [-0.2, 0) is 4.79 Å². The lowest BCUT2D eigenvalue weighted by Gasteiger charge is -2.17. The van der Waals surface area contributed by atoms with Crippen LogP contribution in [0.15, 0.2) is 18.5 Å². The van der Waals surface area contributed by atoms with Crippen LogP contribution < -0.4 is 4.90 Å². The van der Waals surface area contributed by atoms with E-state index in [1.807, 2.05) is 0 Å². The molecule has 0 bridgehead atoms. The largest absolute Gasteiger partial charge is 0.478 e. The van der Waals surface area contributed by atoms with Gasteiger partial charge in [-0.1, -0.05) is 0 Å². The highest BCUT2D eigenvalue weighted by molar-refractivity contribution is 7.81. The fraction of sp³-hybridized carbons (Fsp3) is 0.300. The van der Waals surface area contributed by atoms with Gasteiger partial charge in [-0.25, -0.2) is 4.79 Å². The van der Waals surface area contributed by atoms with Crippen molar-refractivity contribution in [3.05, 3.63) is 24.0 Å². The number of carboxylic acid groups (broad SMARTS) is 1. The smallest absolute Gasteiger partial charge is 0.337 e. The van der Waals surface area contributed by atoms with E-state index < -0.39 is 5.97 Å². The normalized spacial score (nSPS) is 20.2. The van der Waals surface area contributed by atoms with Crippen molar-refractivity contribution >= 4 is 30.2 Å². The number of carboxylic acids is 1. The van der Waals surface area contributed by atoms with E-state index in [0.29, 0.717) is 18.7 Å². The molecule has 1 unspecified atom stereocenters. The zero-order valence-electron chi connectivity index (χ0n) is 8.33. The number of hydrogen-bond donors (Lipinski definition) is 2. The Bertz CT molecular complexity index is 449. The molecular weight excluding hydrogens is 228 g/mol. The summed E-state index contributed by atoms with van der Waals surface area (Å²) in [4.78, 5) is 27.9. The first kappa shape index (κ1) is 10.9. The van der Waals surface area contributed by atoms with Crippen molar-refractivity contribution in [3.8, 4) is 0 Å². The van der Waals surface area contributed by atoms with E-state index >= 15 is 0 Å². The topological polar surface area (TPSA) is 70.5 Å². The molecule has 1 aliphatic rings. The lowest BCUT2D eigenvalue weighted by Crippen LogP contribution is -2.26. The van der Waals surface area contributed by atoms with Gasteiger partial charge >= 0.3 is 5.97 Å². The molecule has 16 heavy (non-hydrogen) atoms. The van der Waals surface area contributed by atoms with E-state index in [4.69, 9.17) is 5.11 Å². The molecule has 6 heteroatoms. The number of amides is 1. The first-order chi connectivity index (χ1) is 7.59. The number of pyridine rings is 1. The minimum Gasteiger partial charge on any atom is -0.478 e. The lowest BCUT2D eigenvalue weighted by atomic mass is 10.2. The molecule has 1 aromatic heterocycles. The Morgan fingerprint density at radius 1 is 1.62 bits per heavy atom. The Kier molecular flexibility index (Phi) is 2.82. The van der Waals surface area contributed by atoms with Crippen molar-refractivity contribution in [1.82, 2.24) is 4.98 Å². The van der Waals surface area contributed by atoms with Crippen LogP contribution in [0.2, 0.25) is 0 Å². The molecule has 0 aromatic carbocycles. The van der Waals surface area contributed by atoms with Crippen LogP contribution in [0, 0.1) is 0 Å². The summed E-state index contributed by atoms with van der Waals surface area (Å²) >= 11 is 4.22. The zero-order chi connectivity index (χ0) is 11.7. The van der Waals surface area contributed by atoms with Gasteiger partial charge in [0, 0.05) is 24.4 Å². The zero-order valence-corrected chi connectivity index (χ0v) is 9.22. The Morgan fingerprint density at radius 2 is 2.38 bits per heavy atom. The SMILES string of the molecule is O=C(O)c1ccncc1N1CC(S)CC1=O. The van der Waals surface area contributed by atoms with Crippen molar-refractivity contribution < 1.29 is 14.7 Å². The summed E-state index contributed by atoms with van der Waals surface area (Å²) in [6.07, 6.45) is 3.12. The van der Waals surface area contributed by atoms with Gasteiger partial charge in [-0.15, -0.1) is 0 Å². The fourth-order valence-corrected chi connectivity index (χ4v) is 2.02. The van der Waals surface area contributed by atoms with Gasteiger partial charge in [0.2, 0.25) is 5.91 Å². The number of nitrogens with zero attached hydrogens (tertiary/aromatic N) is 2. The van der Waals surface area contributed by atoms with Gasteiger partial charge in [-0.2, -0.15) is 12.6 Å². The summed E-state index contributed by atoms with van der Waals surface area (Å²) in [5.74, 6) is -1.18. The average molecular weight is 238 g/mol. The van der Waals surface area contributed by atoms with E-state index in [1.54, 1.807) is 0 Å². The number of aromatic carboxylic acids is 1. The van der Waals surface area contributed by atoms with Crippen LogP contribution in [0.3, 0.4) is 0 Å². The molecule has 2 rings (SSSR count). The Hall–Kier alpha value is -1.56. The van der Waals surface area contributed by atoms with Crippen LogP contribution in [0.4, 0.5) is 5.69 Å². The van der Waals surface area contributed by atoms with Crippen LogP contribution in [0.1, 0.15) is 16.8 Å². The fourth-order valence-electron chi connectivity index (χ4n) is 1.70. The molecule has 0 radical (unpaired) electrons. The molecule has 1 aromatic rings. The van der Waals surface area contributed by atoms with Crippen LogP contribution in [-0.4, -0.2) is 33.8 Å². The molecule has 1 amide bonds. The molecule has 2 heterocycles. The third-order valence-electron chi connectivity index (χ3n) is 2.43. The van der Waals surface area contributed by atoms with E-state index in [9.17, 15) is 9.59 Å². The maximum absolute atomic E-state index is 11.6. The molecule has 0 saturated carbocycles. The molecule has 1 N–H and O–H groups in total. The molecule has 5 nitrogen and oxygen atoms in total. The van der Waals surface area contributed by atoms with Gasteiger partial charge in [0.25, 0.3) is 0 Å². The summed E-state index contributed by atoms with van der Waals surface area (Å²) in [5, 5.41) is 8.95. The first-order valence-electron chi connectivity index (χ1n) is 4.75. The Labute approximate surface area is 97.5 Å². The minimum absolute atomic E-state index is 0.0469. The van der Waals surface area contributed by atoms with Gasteiger partial charge in [0.15, 0.2) is 0 Å². The summed E-state index contributed by atoms with van der Waals surface area (Å²) in [6, 6.07) is 1.39. The molecule has 1 aliphatic heterocycles. The number of carbonyl (C=O) groups excluding carboxylic acids is 1. The molecule has 1 saturated heterocycles. The van der Waals surface area contributed by atoms with Crippen molar-refractivity contribution in [2.75, 3.05) is 11.4 Å². The van der Waals surface area contributed by atoms with Gasteiger partial charge in [0.1, 0.15) is 0 Å². The van der Waals surface area contributed by atoms with E-state index in [-0.39, 0.29) is 16.7 Å². The predicted octanol–water partition coefficient (Wildman–Crippen LogP) is 0.815. The van der Waals surface area contributed by atoms with Crippen molar-refractivity contribution in [2.24, 2.45) is 0 Å². The molecule has 0 aliphatic carbocycles. The minimum atomic E-state index is -1.06. The second-order valence-corrected chi connectivity index (χ2v) is 4.29. The van der Waals surface area contributed by atoms with Crippen LogP contribution in [0.5, 0.6) is 0 Å². The number of carbonyl (C=O) groups is 2. The van der Waals surface area contributed by atoms with Gasteiger partial charge in [0.05, 0.1) is 17.4 Å². The maximum atomic E-state index is 11.6. The highest BCUT2D eigenvalue weighted by Crippen LogP contribution is 2.26. The third kappa shape index (κ3) is 1.88. The summed E-state index contributed by atoms with van der Waals surface area (Å²) < 4.78 is 0.